The summed E-state index contributed by atoms with van der Waals surface area (Å²) in [5.41, 5.74) is 14.9. The van der Waals surface area contributed by atoms with E-state index in [1.165, 1.54) is 16.3 Å². The minimum Gasteiger partial charge on any atom is -0.310 e. The Morgan fingerprint density at radius 2 is 0.742 bits per heavy atom. The smallest absolute Gasteiger partial charge is 0.0714 e. The van der Waals surface area contributed by atoms with Gasteiger partial charge in [0, 0.05) is 17.1 Å². The van der Waals surface area contributed by atoms with E-state index in [-0.39, 0.29) is 35.4 Å². The van der Waals surface area contributed by atoms with Crippen molar-refractivity contribution in [1.82, 2.24) is 0 Å². The molecule has 0 N–H and O–H groups in total. The van der Waals surface area contributed by atoms with E-state index in [9.17, 15) is 5.48 Å². The molecule has 1 aliphatic rings. The van der Waals surface area contributed by atoms with Crippen molar-refractivity contribution >= 4 is 27.8 Å². The van der Waals surface area contributed by atoms with Gasteiger partial charge >= 0.3 is 0 Å². The van der Waals surface area contributed by atoms with Crippen LogP contribution in [0.4, 0.5) is 17.1 Å². The fourth-order valence-electron chi connectivity index (χ4n) is 10.1. The zero-order valence-corrected chi connectivity index (χ0v) is 36.1. The van der Waals surface area contributed by atoms with Crippen LogP contribution in [0.5, 0.6) is 0 Å². The molecule has 310 valence electrons. The van der Waals surface area contributed by atoms with Crippen molar-refractivity contribution in [3.05, 3.63) is 295 Å². The topological polar surface area (TPSA) is 3.24 Å². The molecule has 0 saturated heterocycles. The van der Waals surface area contributed by atoms with Gasteiger partial charge in [0.2, 0.25) is 0 Å². The molecule has 12 rings (SSSR count). The molecule has 0 fully saturated rings. The van der Waals surface area contributed by atoms with E-state index >= 15 is 0 Å². The summed E-state index contributed by atoms with van der Waals surface area (Å²) < 4.78 is 38.9. The third-order valence-electron chi connectivity index (χ3n) is 13.2. The highest BCUT2D eigenvalue weighted by Gasteiger charge is 2.46. The molecule has 1 nitrogen and oxygen atoms in total. The van der Waals surface area contributed by atoms with Gasteiger partial charge in [-0.25, -0.2) is 0 Å². The van der Waals surface area contributed by atoms with Gasteiger partial charge in [0.15, 0.2) is 0 Å². The van der Waals surface area contributed by atoms with Crippen molar-refractivity contribution in [2.75, 3.05) is 4.90 Å². The van der Waals surface area contributed by atoms with Crippen LogP contribution in [-0.2, 0) is 5.41 Å². The zero-order chi connectivity index (χ0) is 47.3. The highest BCUT2D eigenvalue weighted by molar-refractivity contribution is 5.91. The lowest BCUT2D eigenvalue weighted by Crippen LogP contribution is -2.28. The molecular formula is C65H45N. The van der Waals surface area contributed by atoms with E-state index in [2.05, 4.69) is 182 Å². The van der Waals surface area contributed by atoms with Gasteiger partial charge in [0.1, 0.15) is 0 Å². The normalized spacial score (nSPS) is 13.2. The maximum absolute atomic E-state index is 9.83. The Hall–Kier alpha value is -8.52. The predicted octanol–water partition coefficient (Wildman–Crippen LogP) is 17.3. The highest BCUT2D eigenvalue weighted by atomic mass is 15.1. The maximum atomic E-state index is 9.83. The Morgan fingerprint density at radius 1 is 0.273 bits per heavy atom. The molecule has 0 aliphatic heterocycles. The van der Waals surface area contributed by atoms with Crippen molar-refractivity contribution in [1.29, 1.82) is 0 Å². The maximum Gasteiger partial charge on any atom is 0.0714 e. The molecule has 11 aromatic carbocycles. The number of rotatable bonds is 9. The SMILES string of the molecule is [2H]c1c([2H])c(N(c2ccc(-c3cccc(-c4ccc5ccccc5c4)c3)cc2)c2ccc3c(c2)C(c2ccccc2)(c2ccccc2)c2ccccc2-3)c([2H])c([2H])c1-c1ccc(-c2ccccc2)cc1. The second kappa shape index (κ2) is 16.6. The lowest BCUT2D eigenvalue weighted by atomic mass is 9.67. The van der Waals surface area contributed by atoms with Gasteiger partial charge in [-0.15, -0.1) is 0 Å². The van der Waals surface area contributed by atoms with Crippen molar-refractivity contribution in [3.63, 3.8) is 0 Å². The molecule has 0 radical (unpaired) electrons. The summed E-state index contributed by atoms with van der Waals surface area (Å²) in [6.07, 6.45) is 0. The molecule has 1 heteroatoms. The fraction of sp³-hybridized carbons (Fsp3) is 0.0154. The van der Waals surface area contributed by atoms with E-state index < -0.39 is 5.41 Å². The van der Waals surface area contributed by atoms with Crippen LogP contribution < -0.4 is 4.90 Å². The minimum absolute atomic E-state index is 0.105. The van der Waals surface area contributed by atoms with Crippen molar-refractivity contribution < 1.29 is 5.48 Å². The van der Waals surface area contributed by atoms with E-state index in [0.717, 1.165) is 66.9 Å². The summed E-state index contributed by atoms with van der Waals surface area (Å²) >= 11 is 0. The van der Waals surface area contributed by atoms with Gasteiger partial charge < -0.3 is 4.90 Å². The summed E-state index contributed by atoms with van der Waals surface area (Å²) in [6.45, 7) is 0. The molecule has 1 aliphatic carbocycles. The monoisotopic (exact) mass is 843 g/mol. The average molecular weight is 844 g/mol. The fourth-order valence-corrected chi connectivity index (χ4v) is 10.1. The van der Waals surface area contributed by atoms with Crippen LogP contribution in [0.25, 0.3) is 66.4 Å². The summed E-state index contributed by atoms with van der Waals surface area (Å²) in [5, 5.41) is 2.40. The summed E-state index contributed by atoms with van der Waals surface area (Å²) in [4.78, 5) is 1.92. The Morgan fingerprint density at radius 3 is 1.44 bits per heavy atom. The largest absolute Gasteiger partial charge is 0.310 e. The minimum atomic E-state index is -0.694. The third-order valence-corrected chi connectivity index (χ3v) is 13.2. The van der Waals surface area contributed by atoms with Gasteiger partial charge in [0.05, 0.1) is 10.9 Å². The third kappa shape index (κ3) is 6.81. The standard InChI is InChI=1S/C65H45N/c1-4-15-46(16-5-1)48-27-29-49(30-28-48)50-33-37-58(38-34-50)66(59-39-35-51(36-40-59)53-19-14-20-54(43-53)55-32-31-47-17-10-11-18-52(47)44-55)60-41-42-62-61-25-12-13-26-63(61)65(64(62)45-60,56-21-6-2-7-22-56)57-23-8-3-9-24-57/h1-45H/i33D,34D,37D,38D. The second-order valence-electron chi connectivity index (χ2n) is 16.9. The molecule has 0 aromatic heterocycles. The number of hydrogen-bond donors (Lipinski definition) is 0. The van der Waals surface area contributed by atoms with E-state index in [1.807, 2.05) is 71.6 Å². The molecule has 0 amide bonds. The Labute approximate surface area is 392 Å². The van der Waals surface area contributed by atoms with Crippen LogP contribution in [0, 0.1) is 0 Å². The number of hydrogen-bond acceptors (Lipinski definition) is 1. The van der Waals surface area contributed by atoms with Crippen LogP contribution in [0.1, 0.15) is 27.7 Å². The first-order valence-electron chi connectivity index (χ1n) is 24.5. The van der Waals surface area contributed by atoms with E-state index in [1.54, 1.807) is 0 Å². The molecule has 66 heavy (non-hydrogen) atoms. The molecule has 0 saturated carbocycles. The van der Waals surface area contributed by atoms with Gasteiger partial charge in [-0.1, -0.05) is 224 Å². The predicted molar refractivity (Wildman–Crippen MR) is 278 cm³/mol. The number of fused-ring (bicyclic) bond motifs is 4. The summed E-state index contributed by atoms with van der Waals surface area (Å²) in [6, 6.07) is 85.5. The van der Waals surface area contributed by atoms with Crippen molar-refractivity contribution in [3.8, 4) is 55.6 Å². The van der Waals surface area contributed by atoms with Crippen LogP contribution >= 0.6 is 0 Å². The van der Waals surface area contributed by atoms with Crippen LogP contribution in [0.2, 0.25) is 0 Å². The van der Waals surface area contributed by atoms with Crippen LogP contribution in [0.15, 0.2) is 273 Å². The first-order chi connectivity index (χ1) is 34.4. The highest BCUT2D eigenvalue weighted by Crippen LogP contribution is 2.57. The zero-order valence-electron chi connectivity index (χ0n) is 40.1. The molecule has 0 bridgehead atoms. The Balaban J connectivity index is 1.03. The van der Waals surface area contributed by atoms with Gasteiger partial charge in [0.25, 0.3) is 0 Å². The van der Waals surface area contributed by atoms with Gasteiger partial charge in [-0.2, -0.15) is 0 Å². The van der Waals surface area contributed by atoms with Gasteiger partial charge in [-0.3, -0.25) is 0 Å². The van der Waals surface area contributed by atoms with E-state index in [0.29, 0.717) is 11.3 Å². The van der Waals surface area contributed by atoms with Crippen molar-refractivity contribution in [2.24, 2.45) is 0 Å². The Kier molecular flexibility index (Phi) is 8.75. The molecule has 0 atom stereocenters. The van der Waals surface area contributed by atoms with Crippen LogP contribution in [-0.4, -0.2) is 0 Å². The quantitative estimate of drug-likeness (QED) is 0.140. The average Bonchev–Trinajstić information content (AvgIpc) is 3.73. The second-order valence-corrected chi connectivity index (χ2v) is 16.9. The molecule has 11 aromatic rings. The van der Waals surface area contributed by atoms with Gasteiger partial charge in [-0.05, 0) is 137 Å². The molecule has 0 spiro atoms. The Bertz CT molecular complexity index is 3670. The molecule has 0 unspecified atom stereocenters. The lowest BCUT2D eigenvalue weighted by Gasteiger charge is -2.35. The number of benzene rings is 11. The molecule has 0 heterocycles. The number of anilines is 3. The first kappa shape index (κ1) is 34.9. The first-order valence-corrected chi connectivity index (χ1v) is 22.5. The van der Waals surface area contributed by atoms with E-state index in [4.69, 9.17) is 0 Å². The summed E-state index contributed by atoms with van der Waals surface area (Å²) in [7, 11) is 0. The number of nitrogens with zero attached hydrogens (tertiary/aromatic N) is 1. The van der Waals surface area contributed by atoms with Crippen LogP contribution in [0.3, 0.4) is 0 Å². The molecular weight excluding hydrogens is 795 g/mol. The van der Waals surface area contributed by atoms with Crippen molar-refractivity contribution in [2.45, 2.75) is 5.41 Å². The summed E-state index contributed by atoms with van der Waals surface area (Å²) in [5.74, 6) is 0. The lowest BCUT2D eigenvalue weighted by molar-refractivity contribution is 0.768.